The predicted molar refractivity (Wildman–Crippen MR) is 207 cm³/mol. The standard InChI is InChI=1S/C40H79O12P/c1-3-5-7-9-11-13-15-16-17-18-19-20-21-23-25-27-29-34(41)51-33(31-49-30-28-26-24-22-14-12-10-8-6-4-2)32-50-53(47,48)52-40-38(45)36(43)35(42)37(44)39(40)46/h33,35-40,42-46H,3-32H2,1-2H3,(H,47,48). The molecule has 1 aliphatic rings. The van der Waals surface area contributed by atoms with Crippen LogP contribution in [0.1, 0.15) is 187 Å². The van der Waals surface area contributed by atoms with Gasteiger partial charge in [0.15, 0.2) is 0 Å². The maximum Gasteiger partial charge on any atom is 0.472 e. The van der Waals surface area contributed by atoms with E-state index in [1.165, 1.54) is 122 Å². The van der Waals surface area contributed by atoms with Gasteiger partial charge in [0.05, 0.1) is 13.2 Å². The summed E-state index contributed by atoms with van der Waals surface area (Å²) in [5.74, 6) is -0.474. The normalized spacial score (nSPS) is 23.5. The molecule has 12 nitrogen and oxygen atoms in total. The van der Waals surface area contributed by atoms with Crippen LogP contribution in [0.3, 0.4) is 0 Å². The first-order valence-electron chi connectivity index (χ1n) is 21.4. The molecular formula is C40H79O12P. The minimum atomic E-state index is -5.00. The zero-order chi connectivity index (χ0) is 39.2. The van der Waals surface area contributed by atoms with Gasteiger partial charge < -0.3 is 39.9 Å². The summed E-state index contributed by atoms with van der Waals surface area (Å²) in [6.45, 7) is 4.26. The summed E-state index contributed by atoms with van der Waals surface area (Å²) in [7, 11) is -5.00. The van der Waals surface area contributed by atoms with Crippen LogP contribution in [0, 0.1) is 0 Å². The molecule has 0 bridgehead atoms. The fourth-order valence-electron chi connectivity index (χ4n) is 6.77. The van der Waals surface area contributed by atoms with Crippen LogP contribution in [0.4, 0.5) is 0 Å². The minimum Gasteiger partial charge on any atom is -0.457 e. The number of rotatable bonds is 36. The summed E-state index contributed by atoms with van der Waals surface area (Å²) in [6, 6.07) is 0. The molecule has 6 N–H and O–H groups in total. The van der Waals surface area contributed by atoms with E-state index in [9.17, 15) is 39.8 Å². The number of ether oxygens (including phenoxy) is 2. The van der Waals surface area contributed by atoms with Gasteiger partial charge >= 0.3 is 13.8 Å². The van der Waals surface area contributed by atoms with Crippen molar-refractivity contribution in [2.75, 3.05) is 19.8 Å². The Labute approximate surface area is 321 Å². The lowest BCUT2D eigenvalue weighted by Crippen LogP contribution is -2.64. The van der Waals surface area contributed by atoms with Gasteiger partial charge in [-0.1, -0.05) is 168 Å². The Kier molecular flexibility index (Phi) is 30.8. The number of aliphatic hydroxyl groups is 5. The largest absolute Gasteiger partial charge is 0.472 e. The first-order chi connectivity index (χ1) is 25.5. The number of carbonyl (C=O) groups is 1. The van der Waals surface area contributed by atoms with Crippen LogP contribution in [0.2, 0.25) is 0 Å². The third kappa shape index (κ3) is 25.3. The summed E-state index contributed by atoms with van der Waals surface area (Å²) in [6.07, 6.45) is 18.9. The molecule has 0 aliphatic heterocycles. The highest BCUT2D eigenvalue weighted by Gasteiger charge is 2.51. The molecule has 316 valence electrons. The zero-order valence-electron chi connectivity index (χ0n) is 33.3. The van der Waals surface area contributed by atoms with Gasteiger partial charge in [-0.25, -0.2) is 4.57 Å². The van der Waals surface area contributed by atoms with Crippen molar-refractivity contribution in [2.24, 2.45) is 0 Å². The van der Waals surface area contributed by atoms with Crippen LogP contribution in [0.15, 0.2) is 0 Å². The van der Waals surface area contributed by atoms with E-state index in [0.29, 0.717) is 13.0 Å². The van der Waals surface area contributed by atoms with Gasteiger partial charge in [0, 0.05) is 13.0 Å². The van der Waals surface area contributed by atoms with Crippen LogP contribution in [-0.2, 0) is 27.9 Å². The van der Waals surface area contributed by atoms with Gasteiger partial charge in [-0.15, -0.1) is 0 Å². The topological polar surface area (TPSA) is 192 Å². The van der Waals surface area contributed by atoms with Gasteiger partial charge in [-0.2, -0.15) is 0 Å². The Morgan fingerprint density at radius 2 is 0.887 bits per heavy atom. The summed E-state index contributed by atoms with van der Waals surface area (Å²) < 4.78 is 34.0. The number of phosphoric ester groups is 1. The fraction of sp³-hybridized carbons (Fsp3) is 0.975. The third-order valence-electron chi connectivity index (χ3n) is 10.2. The number of esters is 1. The number of hydrogen-bond acceptors (Lipinski definition) is 11. The lowest BCUT2D eigenvalue weighted by atomic mass is 9.85. The molecule has 0 radical (unpaired) electrons. The van der Waals surface area contributed by atoms with Gasteiger partial charge in [-0.05, 0) is 12.8 Å². The predicted octanol–water partition coefficient (Wildman–Crippen LogP) is 7.81. The second kappa shape index (κ2) is 32.4. The van der Waals surface area contributed by atoms with E-state index < -0.39 is 63.1 Å². The van der Waals surface area contributed by atoms with Crippen LogP contribution < -0.4 is 0 Å². The van der Waals surface area contributed by atoms with Crippen molar-refractivity contribution in [3.63, 3.8) is 0 Å². The average molecular weight is 783 g/mol. The zero-order valence-corrected chi connectivity index (χ0v) is 34.2. The van der Waals surface area contributed by atoms with Crippen LogP contribution in [-0.4, -0.2) is 98.9 Å². The lowest BCUT2D eigenvalue weighted by molar-refractivity contribution is -0.220. The molecule has 1 saturated carbocycles. The summed E-state index contributed by atoms with van der Waals surface area (Å²) in [4.78, 5) is 23.0. The molecule has 0 aromatic heterocycles. The van der Waals surface area contributed by atoms with E-state index in [4.69, 9.17) is 18.5 Å². The summed E-state index contributed by atoms with van der Waals surface area (Å²) in [5, 5.41) is 50.0. The molecule has 6 unspecified atom stereocenters. The van der Waals surface area contributed by atoms with Gasteiger partial charge in [0.1, 0.15) is 42.7 Å². The number of aliphatic hydroxyl groups excluding tert-OH is 5. The molecule has 0 spiro atoms. The summed E-state index contributed by atoms with van der Waals surface area (Å²) in [5.41, 5.74) is 0. The van der Waals surface area contributed by atoms with Gasteiger partial charge in [0.25, 0.3) is 0 Å². The van der Waals surface area contributed by atoms with E-state index in [0.717, 1.165) is 38.5 Å². The van der Waals surface area contributed by atoms with Crippen LogP contribution in [0.5, 0.6) is 0 Å². The highest BCUT2D eigenvalue weighted by molar-refractivity contribution is 7.47. The van der Waals surface area contributed by atoms with Crippen molar-refractivity contribution in [1.29, 1.82) is 0 Å². The van der Waals surface area contributed by atoms with Crippen molar-refractivity contribution in [3.05, 3.63) is 0 Å². The molecule has 0 saturated heterocycles. The highest BCUT2D eigenvalue weighted by Crippen LogP contribution is 2.47. The van der Waals surface area contributed by atoms with Gasteiger partial charge in [0.2, 0.25) is 0 Å². The SMILES string of the molecule is CCCCCCCCCCCCCCCCCCC(=O)OC(COCCCCCCCCCCCC)COP(=O)(O)OC1C(O)C(O)C(O)C(O)C1O. The molecule has 0 aromatic carbocycles. The smallest absolute Gasteiger partial charge is 0.457 e. The Hall–Kier alpha value is -0.660. The molecule has 0 amide bonds. The van der Waals surface area contributed by atoms with E-state index in [2.05, 4.69) is 13.8 Å². The Bertz CT molecular complexity index is 895. The van der Waals surface area contributed by atoms with Crippen molar-refractivity contribution in [1.82, 2.24) is 0 Å². The molecule has 0 aromatic rings. The molecule has 53 heavy (non-hydrogen) atoms. The fourth-order valence-corrected chi connectivity index (χ4v) is 7.74. The van der Waals surface area contributed by atoms with Crippen molar-refractivity contribution in [3.8, 4) is 0 Å². The lowest BCUT2D eigenvalue weighted by Gasteiger charge is -2.41. The van der Waals surface area contributed by atoms with E-state index in [1.54, 1.807) is 0 Å². The Balaban J connectivity index is 2.40. The maximum atomic E-state index is 12.8. The van der Waals surface area contributed by atoms with E-state index in [1.807, 2.05) is 0 Å². The molecule has 6 atom stereocenters. The molecule has 1 rings (SSSR count). The molecular weight excluding hydrogens is 703 g/mol. The number of carbonyl (C=O) groups excluding carboxylic acids is 1. The molecule has 1 aliphatic carbocycles. The van der Waals surface area contributed by atoms with E-state index in [-0.39, 0.29) is 13.0 Å². The quantitative estimate of drug-likeness (QED) is 0.0206. The van der Waals surface area contributed by atoms with Crippen molar-refractivity contribution < 1.29 is 58.3 Å². The molecule has 13 heteroatoms. The van der Waals surface area contributed by atoms with Gasteiger partial charge in [-0.3, -0.25) is 13.8 Å². The highest BCUT2D eigenvalue weighted by atomic mass is 31.2. The number of hydrogen-bond donors (Lipinski definition) is 6. The maximum absolute atomic E-state index is 12.8. The van der Waals surface area contributed by atoms with Crippen LogP contribution in [0.25, 0.3) is 0 Å². The second-order valence-corrected chi connectivity index (χ2v) is 16.6. The minimum absolute atomic E-state index is 0.0690. The van der Waals surface area contributed by atoms with Crippen molar-refractivity contribution >= 4 is 13.8 Å². The van der Waals surface area contributed by atoms with Crippen LogP contribution >= 0.6 is 7.82 Å². The molecule has 0 heterocycles. The monoisotopic (exact) mass is 783 g/mol. The summed E-state index contributed by atoms with van der Waals surface area (Å²) >= 11 is 0. The second-order valence-electron chi connectivity index (χ2n) is 15.2. The first kappa shape index (κ1) is 50.4. The Morgan fingerprint density at radius 1 is 0.528 bits per heavy atom. The first-order valence-corrected chi connectivity index (χ1v) is 22.9. The molecule has 1 fully saturated rings. The van der Waals surface area contributed by atoms with E-state index >= 15 is 0 Å². The third-order valence-corrected chi connectivity index (χ3v) is 11.2. The average Bonchev–Trinajstić information content (AvgIpc) is 3.14. The number of unbranched alkanes of at least 4 members (excludes halogenated alkanes) is 24. The van der Waals surface area contributed by atoms with Crippen molar-refractivity contribution in [2.45, 2.75) is 230 Å². The Morgan fingerprint density at radius 3 is 1.30 bits per heavy atom. The number of phosphoric acid groups is 1.